The fourth-order valence-electron chi connectivity index (χ4n) is 1.52. The van der Waals surface area contributed by atoms with E-state index < -0.39 is 10.0 Å². The molecule has 0 fully saturated rings. The summed E-state index contributed by atoms with van der Waals surface area (Å²) < 4.78 is 22.5. The van der Waals surface area contributed by atoms with Crippen LogP contribution in [0.25, 0.3) is 0 Å². The topological polar surface area (TPSA) is 89.3 Å². The fraction of sp³-hybridized carbons (Fsp3) is 0.0833. The van der Waals surface area contributed by atoms with Crippen LogP contribution in [0.5, 0.6) is 0 Å². The predicted molar refractivity (Wildman–Crippen MR) is 79.8 cm³/mol. The lowest BCUT2D eigenvalue weighted by Crippen LogP contribution is -2.14. The minimum absolute atomic E-state index is 0.0660. The average molecular weight is 331 g/mol. The zero-order valence-corrected chi connectivity index (χ0v) is 12.8. The van der Waals surface area contributed by atoms with Crippen LogP contribution in [0.15, 0.2) is 34.5 Å². The Hall–Kier alpha value is -1.41. The van der Waals surface area contributed by atoms with Gasteiger partial charge in [0.25, 0.3) is 5.91 Å². The van der Waals surface area contributed by atoms with Gasteiger partial charge in [-0.05, 0) is 36.1 Å². The lowest BCUT2D eigenvalue weighted by Gasteiger charge is -2.06. The van der Waals surface area contributed by atoms with Gasteiger partial charge >= 0.3 is 0 Å². The standard InChI is InChI=1S/C12H11ClN2O3S2/c1-7-6-19-11(10(7)13)12(16)15-8-3-2-4-9(5-8)20(14,17)18/h2-6H,1H3,(H,15,16)(H2,14,17,18). The van der Waals surface area contributed by atoms with Gasteiger partial charge in [-0.1, -0.05) is 17.7 Å². The van der Waals surface area contributed by atoms with Crippen molar-refractivity contribution < 1.29 is 13.2 Å². The van der Waals surface area contributed by atoms with Crippen molar-refractivity contribution in [1.29, 1.82) is 0 Å². The van der Waals surface area contributed by atoms with Gasteiger partial charge in [0.1, 0.15) is 4.88 Å². The number of hydrogen-bond donors (Lipinski definition) is 2. The first-order chi connectivity index (χ1) is 9.29. The Balaban J connectivity index is 2.27. The van der Waals surface area contributed by atoms with Gasteiger partial charge in [-0.3, -0.25) is 4.79 Å². The van der Waals surface area contributed by atoms with Crippen molar-refractivity contribution in [3.05, 3.63) is 45.1 Å². The molecular formula is C12H11ClN2O3S2. The first-order valence-electron chi connectivity index (χ1n) is 5.47. The maximum Gasteiger partial charge on any atom is 0.267 e. The largest absolute Gasteiger partial charge is 0.321 e. The van der Waals surface area contributed by atoms with Gasteiger partial charge in [-0.25, -0.2) is 13.6 Å². The van der Waals surface area contributed by atoms with E-state index in [4.69, 9.17) is 16.7 Å². The molecule has 0 aliphatic heterocycles. The van der Waals surface area contributed by atoms with Crippen LogP contribution in [-0.2, 0) is 10.0 Å². The first kappa shape index (κ1) is 15.0. The second-order valence-corrected chi connectivity index (χ2v) is 6.91. The summed E-state index contributed by atoms with van der Waals surface area (Å²) in [5.41, 5.74) is 1.16. The highest BCUT2D eigenvalue weighted by Crippen LogP contribution is 2.28. The number of nitrogens with one attached hydrogen (secondary N) is 1. The van der Waals surface area contributed by atoms with Crippen molar-refractivity contribution in [3.8, 4) is 0 Å². The first-order valence-corrected chi connectivity index (χ1v) is 8.27. The van der Waals surface area contributed by atoms with E-state index in [2.05, 4.69) is 5.32 Å². The van der Waals surface area contributed by atoms with Gasteiger partial charge in [-0.15, -0.1) is 11.3 Å². The third-order valence-corrected chi connectivity index (χ3v) is 5.13. The van der Waals surface area contributed by atoms with Crippen LogP contribution >= 0.6 is 22.9 Å². The minimum atomic E-state index is -3.80. The Morgan fingerprint density at radius 3 is 2.65 bits per heavy atom. The third-order valence-electron chi connectivity index (χ3n) is 2.53. The number of primary sulfonamides is 1. The van der Waals surface area contributed by atoms with Crippen molar-refractivity contribution in [2.45, 2.75) is 11.8 Å². The fourth-order valence-corrected chi connectivity index (χ4v) is 3.25. The molecule has 5 nitrogen and oxygen atoms in total. The van der Waals surface area contributed by atoms with Crippen LogP contribution in [0.2, 0.25) is 5.02 Å². The summed E-state index contributed by atoms with van der Waals surface area (Å²) in [6, 6.07) is 5.71. The highest BCUT2D eigenvalue weighted by atomic mass is 35.5. The molecule has 0 atom stereocenters. The SMILES string of the molecule is Cc1csc(C(=O)Nc2cccc(S(N)(=O)=O)c2)c1Cl. The van der Waals surface area contributed by atoms with Crippen molar-refractivity contribution in [2.24, 2.45) is 5.14 Å². The molecule has 0 bridgehead atoms. The van der Waals surface area contributed by atoms with E-state index in [1.165, 1.54) is 29.5 Å². The quantitative estimate of drug-likeness (QED) is 0.906. The number of hydrogen-bond acceptors (Lipinski definition) is 4. The average Bonchev–Trinajstić information content (AvgIpc) is 2.69. The number of halogens is 1. The number of nitrogens with two attached hydrogens (primary N) is 1. The van der Waals surface area contributed by atoms with Crippen molar-refractivity contribution in [2.75, 3.05) is 5.32 Å². The Labute approximate surface area is 125 Å². The van der Waals surface area contributed by atoms with Gasteiger partial charge < -0.3 is 5.32 Å². The van der Waals surface area contributed by atoms with E-state index in [0.29, 0.717) is 15.6 Å². The van der Waals surface area contributed by atoms with Crippen molar-refractivity contribution in [3.63, 3.8) is 0 Å². The molecule has 3 N–H and O–H groups in total. The summed E-state index contributed by atoms with van der Waals surface area (Å²) in [5.74, 6) is -0.389. The van der Waals surface area contributed by atoms with E-state index in [9.17, 15) is 13.2 Å². The van der Waals surface area contributed by atoms with E-state index >= 15 is 0 Å². The van der Waals surface area contributed by atoms with E-state index in [0.717, 1.165) is 5.56 Å². The number of amides is 1. The van der Waals surface area contributed by atoms with Crippen LogP contribution in [0.1, 0.15) is 15.2 Å². The summed E-state index contributed by atoms with van der Waals surface area (Å²) >= 11 is 7.23. The lowest BCUT2D eigenvalue weighted by atomic mass is 10.3. The molecule has 0 aliphatic rings. The third kappa shape index (κ3) is 3.18. The highest BCUT2D eigenvalue weighted by molar-refractivity contribution is 7.89. The van der Waals surface area contributed by atoms with Gasteiger partial charge in [0, 0.05) is 5.69 Å². The predicted octanol–water partition coefficient (Wildman–Crippen LogP) is 2.61. The maximum atomic E-state index is 12.0. The molecule has 0 spiro atoms. The summed E-state index contributed by atoms with van der Waals surface area (Å²) in [7, 11) is -3.80. The number of benzene rings is 1. The van der Waals surface area contributed by atoms with Crippen molar-refractivity contribution >= 4 is 44.6 Å². The molecule has 0 saturated heterocycles. The molecule has 106 valence electrons. The zero-order valence-electron chi connectivity index (χ0n) is 10.4. The summed E-state index contributed by atoms with van der Waals surface area (Å²) in [6.07, 6.45) is 0. The zero-order chi connectivity index (χ0) is 14.9. The normalized spacial score (nSPS) is 11.3. The number of rotatable bonds is 3. The highest BCUT2D eigenvalue weighted by Gasteiger charge is 2.15. The Morgan fingerprint density at radius 2 is 2.10 bits per heavy atom. The second kappa shape index (κ2) is 5.53. The second-order valence-electron chi connectivity index (χ2n) is 4.09. The number of aryl methyl sites for hydroxylation is 1. The summed E-state index contributed by atoms with van der Waals surface area (Å²) in [5, 5.41) is 9.80. The van der Waals surface area contributed by atoms with E-state index in [1.807, 2.05) is 0 Å². The van der Waals surface area contributed by atoms with Gasteiger partial charge in [0.05, 0.1) is 9.92 Å². The molecule has 2 rings (SSSR count). The molecule has 0 saturated carbocycles. The van der Waals surface area contributed by atoms with Gasteiger partial charge in [0.2, 0.25) is 10.0 Å². The molecule has 1 heterocycles. The molecule has 1 aromatic carbocycles. The number of carbonyl (C=O) groups excluding carboxylic acids is 1. The van der Waals surface area contributed by atoms with E-state index in [-0.39, 0.29) is 10.8 Å². The molecule has 0 unspecified atom stereocenters. The number of thiophene rings is 1. The Kier molecular flexibility index (Phi) is 4.14. The minimum Gasteiger partial charge on any atom is -0.321 e. The van der Waals surface area contributed by atoms with Gasteiger partial charge in [-0.2, -0.15) is 0 Å². The molecule has 1 amide bonds. The Bertz CT molecular complexity index is 769. The maximum absolute atomic E-state index is 12.0. The van der Waals surface area contributed by atoms with Crippen LogP contribution in [0, 0.1) is 6.92 Å². The molecular weight excluding hydrogens is 320 g/mol. The van der Waals surface area contributed by atoms with Gasteiger partial charge in [0.15, 0.2) is 0 Å². The molecule has 0 radical (unpaired) electrons. The smallest absolute Gasteiger partial charge is 0.267 e. The van der Waals surface area contributed by atoms with Crippen LogP contribution in [0.3, 0.4) is 0 Å². The van der Waals surface area contributed by atoms with Crippen LogP contribution < -0.4 is 10.5 Å². The van der Waals surface area contributed by atoms with Crippen LogP contribution in [0.4, 0.5) is 5.69 Å². The Morgan fingerprint density at radius 1 is 1.40 bits per heavy atom. The number of carbonyl (C=O) groups is 1. The number of sulfonamides is 1. The molecule has 0 aliphatic carbocycles. The molecule has 8 heteroatoms. The summed E-state index contributed by atoms with van der Waals surface area (Å²) in [6.45, 7) is 1.80. The lowest BCUT2D eigenvalue weighted by molar-refractivity contribution is 0.103. The van der Waals surface area contributed by atoms with Crippen LogP contribution in [-0.4, -0.2) is 14.3 Å². The van der Waals surface area contributed by atoms with E-state index in [1.54, 1.807) is 18.4 Å². The molecule has 20 heavy (non-hydrogen) atoms. The molecule has 2 aromatic rings. The summed E-state index contributed by atoms with van der Waals surface area (Å²) in [4.78, 5) is 12.4. The molecule has 1 aromatic heterocycles. The number of anilines is 1. The van der Waals surface area contributed by atoms with Crippen molar-refractivity contribution in [1.82, 2.24) is 0 Å². The monoisotopic (exact) mass is 330 g/mol.